The number of amides is 1. The number of carbonyl (C=O) groups is 1. The van der Waals surface area contributed by atoms with Gasteiger partial charge in [0.1, 0.15) is 0 Å². The summed E-state index contributed by atoms with van der Waals surface area (Å²) in [5.41, 5.74) is -0.719. The zero-order valence-corrected chi connectivity index (χ0v) is 11.7. The average Bonchev–Trinajstić information content (AvgIpc) is 2.38. The molecule has 0 aliphatic heterocycles. The maximum atomic E-state index is 12.0. The number of hydrogen-bond donors (Lipinski definition) is 2. The molecule has 1 unspecified atom stereocenters. The van der Waals surface area contributed by atoms with Crippen molar-refractivity contribution >= 4 is 5.91 Å². The van der Waals surface area contributed by atoms with E-state index in [2.05, 4.69) is 31.3 Å². The lowest BCUT2D eigenvalue weighted by molar-refractivity contribution is -0.126. The van der Waals surface area contributed by atoms with E-state index in [-0.39, 0.29) is 11.8 Å². The average molecular weight is 253 g/mol. The van der Waals surface area contributed by atoms with Gasteiger partial charge in [-0.05, 0) is 32.1 Å². The lowest BCUT2D eigenvalue weighted by Gasteiger charge is -2.29. The fraction of sp³-hybridized carbons (Fsp3) is 0.800. The summed E-state index contributed by atoms with van der Waals surface area (Å²) in [7, 11) is 0. The Morgan fingerprint density at radius 1 is 1.33 bits per heavy atom. The predicted octanol–water partition coefficient (Wildman–Crippen LogP) is 2.79. The van der Waals surface area contributed by atoms with Crippen molar-refractivity contribution in [3.63, 3.8) is 0 Å². The number of nitrogens with one attached hydrogen (secondary N) is 1. The summed E-state index contributed by atoms with van der Waals surface area (Å²) in [5, 5.41) is 13.4. The Morgan fingerprint density at radius 3 is 2.50 bits per heavy atom. The van der Waals surface area contributed by atoms with Crippen molar-refractivity contribution in [2.24, 2.45) is 5.92 Å². The summed E-state index contributed by atoms with van der Waals surface area (Å²) in [6.45, 7) is 4.52. The second kappa shape index (κ2) is 7.57. The smallest absolute Gasteiger partial charge is 0.223 e. The second-order valence-electron chi connectivity index (χ2n) is 5.42. The third kappa shape index (κ3) is 4.81. The van der Waals surface area contributed by atoms with Gasteiger partial charge in [-0.2, -0.15) is 0 Å². The van der Waals surface area contributed by atoms with Crippen LogP contribution in [0.4, 0.5) is 0 Å². The number of allylic oxidation sites excluding steroid dienone is 2. The molecule has 0 aromatic rings. The van der Waals surface area contributed by atoms with E-state index >= 15 is 0 Å². The van der Waals surface area contributed by atoms with Gasteiger partial charge in [0.25, 0.3) is 0 Å². The molecular weight excluding hydrogens is 226 g/mol. The van der Waals surface area contributed by atoms with E-state index in [4.69, 9.17) is 0 Å². The fourth-order valence-electron chi connectivity index (χ4n) is 2.66. The molecule has 104 valence electrons. The van der Waals surface area contributed by atoms with Gasteiger partial charge >= 0.3 is 0 Å². The third-order valence-corrected chi connectivity index (χ3v) is 3.66. The summed E-state index contributed by atoms with van der Waals surface area (Å²) in [5.74, 6) is 0.201. The molecule has 0 saturated heterocycles. The monoisotopic (exact) mass is 253 g/mol. The van der Waals surface area contributed by atoms with Gasteiger partial charge in [0.05, 0.1) is 5.60 Å². The molecule has 0 fully saturated rings. The Balaban J connectivity index is 2.41. The highest BCUT2D eigenvalue weighted by Crippen LogP contribution is 2.21. The van der Waals surface area contributed by atoms with Crippen LogP contribution in [0.1, 0.15) is 58.8 Å². The molecule has 3 heteroatoms. The summed E-state index contributed by atoms with van der Waals surface area (Å²) < 4.78 is 0. The van der Waals surface area contributed by atoms with Crippen LogP contribution in [0.2, 0.25) is 0 Å². The van der Waals surface area contributed by atoms with Gasteiger partial charge in [-0.15, -0.1) is 0 Å². The van der Waals surface area contributed by atoms with Crippen molar-refractivity contribution in [2.75, 3.05) is 6.54 Å². The molecule has 1 aliphatic carbocycles. The van der Waals surface area contributed by atoms with Crippen molar-refractivity contribution in [1.82, 2.24) is 5.32 Å². The maximum absolute atomic E-state index is 12.0. The van der Waals surface area contributed by atoms with Gasteiger partial charge in [0.15, 0.2) is 0 Å². The van der Waals surface area contributed by atoms with Crippen LogP contribution < -0.4 is 5.32 Å². The molecule has 18 heavy (non-hydrogen) atoms. The van der Waals surface area contributed by atoms with E-state index < -0.39 is 5.60 Å². The first-order valence-electron chi connectivity index (χ1n) is 7.26. The minimum absolute atomic E-state index is 0.0995. The summed E-state index contributed by atoms with van der Waals surface area (Å²) in [6, 6.07) is 0. The SMILES string of the molecule is CCCC(O)(CCC)CNC(=O)C1CC=CCC1. The molecule has 0 heterocycles. The van der Waals surface area contributed by atoms with Crippen molar-refractivity contribution in [1.29, 1.82) is 0 Å². The summed E-state index contributed by atoms with van der Waals surface area (Å²) >= 11 is 0. The number of hydrogen-bond acceptors (Lipinski definition) is 2. The first-order chi connectivity index (χ1) is 8.61. The van der Waals surface area contributed by atoms with E-state index in [9.17, 15) is 9.90 Å². The molecule has 1 atom stereocenters. The molecule has 0 aromatic carbocycles. The largest absolute Gasteiger partial charge is 0.388 e. The van der Waals surface area contributed by atoms with E-state index in [1.807, 2.05) is 0 Å². The standard InChI is InChI=1S/C15H27NO2/c1-3-10-15(18,11-4-2)12-16-14(17)13-8-6-5-7-9-13/h5-6,13,18H,3-4,7-12H2,1-2H3,(H,16,17). The first-order valence-corrected chi connectivity index (χ1v) is 7.26. The summed E-state index contributed by atoms with van der Waals surface area (Å²) in [6.07, 6.45) is 10.4. The van der Waals surface area contributed by atoms with Crippen molar-refractivity contribution < 1.29 is 9.90 Å². The van der Waals surface area contributed by atoms with Crippen molar-refractivity contribution in [3.05, 3.63) is 12.2 Å². The molecule has 1 aliphatic rings. The van der Waals surface area contributed by atoms with Gasteiger partial charge in [-0.3, -0.25) is 4.79 Å². The van der Waals surface area contributed by atoms with Crippen LogP contribution in [0.25, 0.3) is 0 Å². The topological polar surface area (TPSA) is 49.3 Å². The molecule has 0 aromatic heterocycles. The highest BCUT2D eigenvalue weighted by molar-refractivity contribution is 5.79. The third-order valence-electron chi connectivity index (χ3n) is 3.66. The first kappa shape index (κ1) is 15.2. The molecule has 0 saturated carbocycles. The fourth-order valence-corrected chi connectivity index (χ4v) is 2.66. The lowest BCUT2D eigenvalue weighted by atomic mass is 9.91. The number of rotatable bonds is 7. The van der Waals surface area contributed by atoms with Crippen LogP contribution in [0.3, 0.4) is 0 Å². The zero-order chi connectivity index (χ0) is 13.4. The maximum Gasteiger partial charge on any atom is 0.223 e. The summed E-state index contributed by atoms with van der Waals surface area (Å²) in [4.78, 5) is 12.0. The predicted molar refractivity (Wildman–Crippen MR) is 74.3 cm³/mol. The van der Waals surface area contributed by atoms with Gasteiger partial charge in [0.2, 0.25) is 5.91 Å². The van der Waals surface area contributed by atoms with Crippen LogP contribution in [0.5, 0.6) is 0 Å². The highest BCUT2D eigenvalue weighted by atomic mass is 16.3. The van der Waals surface area contributed by atoms with E-state index in [0.717, 1.165) is 44.9 Å². The quantitative estimate of drug-likeness (QED) is 0.685. The van der Waals surface area contributed by atoms with Gasteiger partial charge in [-0.25, -0.2) is 0 Å². The number of aliphatic hydroxyl groups is 1. The van der Waals surface area contributed by atoms with Gasteiger partial charge < -0.3 is 10.4 Å². The molecule has 3 nitrogen and oxygen atoms in total. The molecule has 1 amide bonds. The minimum Gasteiger partial charge on any atom is -0.388 e. The second-order valence-corrected chi connectivity index (χ2v) is 5.42. The highest BCUT2D eigenvalue weighted by Gasteiger charge is 2.27. The van der Waals surface area contributed by atoms with Crippen LogP contribution >= 0.6 is 0 Å². The zero-order valence-electron chi connectivity index (χ0n) is 11.7. The Kier molecular flexibility index (Phi) is 6.41. The Bertz CT molecular complexity index is 280. The Labute approximate surface area is 111 Å². The van der Waals surface area contributed by atoms with E-state index in [0.29, 0.717) is 6.54 Å². The molecule has 0 spiro atoms. The van der Waals surface area contributed by atoms with Crippen LogP contribution in [0.15, 0.2) is 12.2 Å². The minimum atomic E-state index is -0.719. The number of carbonyl (C=O) groups excluding carboxylic acids is 1. The lowest BCUT2D eigenvalue weighted by Crippen LogP contribution is -2.44. The molecule has 1 rings (SSSR count). The molecule has 0 bridgehead atoms. The molecular formula is C15H27NO2. The van der Waals surface area contributed by atoms with Crippen molar-refractivity contribution in [2.45, 2.75) is 64.4 Å². The Hall–Kier alpha value is -0.830. The van der Waals surface area contributed by atoms with Gasteiger partial charge in [-0.1, -0.05) is 38.8 Å². The van der Waals surface area contributed by atoms with Crippen molar-refractivity contribution in [3.8, 4) is 0 Å². The molecule has 0 radical (unpaired) electrons. The Morgan fingerprint density at radius 2 is 2.00 bits per heavy atom. The van der Waals surface area contributed by atoms with Crippen LogP contribution in [-0.2, 0) is 4.79 Å². The van der Waals surface area contributed by atoms with Gasteiger partial charge in [0, 0.05) is 12.5 Å². The van der Waals surface area contributed by atoms with E-state index in [1.165, 1.54) is 0 Å². The molecule has 2 N–H and O–H groups in total. The normalized spacial score (nSPS) is 19.8. The van der Waals surface area contributed by atoms with Crippen LogP contribution in [-0.4, -0.2) is 23.2 Å². The van der Waals surface area contributed by atoms with E-state index in [1.54, 1.807) is 0 Å². The van der Waals surface area contributed by atoms with Crippen LogP contribution in [0, 0.1) is 5.92 Å².